The second kappa shape index (κ2) is 9.95. The van der Waals surface area contributed by atoms with Crippen molar-refractivity contribution in [1.29, 1.82) is 0 Å². The maximum absolute atomic E-state index is 13.7. The third kappa shape index (κ3) is 5.26. The molecule has 8 nitrogen and oxygen atoms in total. The molecular weight excluding hydrogens is 435 g/mol. The first-order valence-corrected chi connectivity index (χ1v) is 10.5. The number of ether oxygens (including phenoxy) is 1. The minimum absolute atomic E-state index is 0.367. The number of benzene rings is 2. The zero-order chi connectivity index (χ0) is 24.1. The number of hydrogen-bond acceptors (Lipinski definition) is 6. The van der Waals surface area contributed by atoms with Gasteiger partial charge in [-0.05, 0) is 73.5 Å². The van der Waals surface area contributed by atoms with E-state index in [-0.39, 0.29) is 5.82 Å². The van der Waals surface area contributed by atoms with Gasteiger partial charge in [0.15, 0.2) is 0 Å². The molecule has 0 aliphatic heterocycles. The van der Waals surface area contributed by atoms with E-state index < -0.39 is 6.03 Å². The molecule has 0 spiro atoms. The summed E-state index contributed by atoms with van der Waals surface area (Å²) < 4.78 is 19.8. The highest BCUT2D eigenvalue weighted by Crippen LogP contribution is 2.32. The van der Waals surface area contributed by atoms with Crippen molar-refractivity contribution in [1.82, 2.24) is 15.0 Å². The molecule has 0 saturated heterocycles. The molecule has 2 heterocycles. The summed E-state index contributed by atoms with van der Waals surface area (Å²) in [7, 11) is 1.75. The van der Waals surface area contributed by atoms with Gasteiger partial charge in [-0.3, -0.25) is 0 Å². The Kier molecular flexibility index (Phi) is 6.63. The predicted octanol–water partition coefficient (Wildman–Crippen LogP) is 5.77. The number of urea groups is 1. The van der Waals surface area contributed by atoms with Crippen LogP contribution in [0.15, 0.2) is 67.0 Å². The monoisotopic (exact) mass is 458 g/mol. The van der Waals surface area contributed by atoms with Gasteiger partial charge < -0.3 is 20.7 Å². The Morgan fingerprint density at radius 3 is 2.41 bits per heavy atom. The SMILES string of the molecule is CNc1nccc(-c2cccnc2Oc2ccc(NC(=O)Nc3ccc(C)c(F)c3)cc2C)n1. The molecule has 3 N–H and O–H groups in total. The zero-order valence-corrected chi connectivity index (χ0v) is 18.9. The largest absolute Gasteiger partial charge is 0.438 e. The molecule has 0 saturated carbocycles. The number of anilines is 3. The number of carbonyl (C=O) groups is 1. The van der Waals surface area contributed by atoms with Crippen molar-refractivity contribution in [3.8, 4) is 22.9 Å². The lowest BCUT2D eigenvalue weighted by Gasteiger charge is -2.13. The highest BCUT2D eigenvalue weighted by atomic mass is 19.1. The number of aryl methyl sites for hydroxylation is 2. The van der Waals surface area contributed by atoms with E-state index in [0.29, 0.717) is 45.8 Å². The summed E-state index contributed by atoms with van der Waals surface area (Å²) in [5.74, 6) is 1.08. The van der Waals surface area contributed by atoms with Crippen LogP contribution in [0.25, 0.3) is 11.3 Å². The summed E-state index contributed by atoms with van der Waals surface area (Å²) in [4.78, 5) is 25.3. The summed E-state index contributed by atoms with van der Waals surface area (Å²) in [6.45, 7) is 3.52. The third-order valence-corrected chi connectivity index (χ3v) is 5.00. The average molecular weight is 458 g/mol. The Balaban J connectivity index is 1.49. The van der Waals surface area contributed by atoms with Crippen LogP contribution < -0.4 is 20.7 Å². The van der Waals surface area contributed by atoms with Gasteiger partial charge in [-0.15, -0.1) is 0 Å². The lowest BCUT2D eigenvalue weighted by atomic mass is 10.2. The van der Waals surface area contributed by atoms with Crippen LogP contribution >= 0.6 is 0 Å². The Morgan fingerprint density at radius 1 is 0.912 bits per heavy atom. The Bertz CT molecular complexity index is 1340. The molecule has 0 unspecified atom stereocenters. The van der Waals surface area contributed by atoms with E-state index in [0.717, 1.165) is 5.56 Å². The lowest BCUT2D eigenvalue weighted by molar-refractivity contribution is 0.262. The number of nitrogens with one attached hydrogen (secondary N) is 3. The molecule has 0 aliphatic carbocycles. The van der Waals surface area contributed by atoms with Gasteiger partial charge in [-0.2, -0.15) is 0 Å². The Hall–Kier alpha value is -4.53. The molecule has 0 aliphatic rings. The highest BCUT2D eigenvalue weighted by Gasteiger charge is 2.13. The Labute approximate surface area is 196 Å². The molecular formula is C25H23FN6O2. The van der Waals surface area contributed by atoms with Crippen LogP contribution in [0.5, 0.6) is 11.6 Å². The van der Waals surface area contributed by atoms with Crippen LogP contribution in [-0.4, -0.2) is 28.0 Å². The normalized spacial score (nSPS) is 10.5. The van der Waals surface area contributed by atoms with Gasteiger partial charge >= 0.3 is 6.03 Å². The van der Waals surface area contributed by atoms with Crippen LogP contribution in [0.2, 0.25) is 0 Å². The number of aromatic nitrogens is 3. The van der Waals surface area contributed by atoms with Crippen LogP contribution in [-0.2, 0) is 0 Å². The minimum Gasteiger partial charge on any atom is -0.438 e. The Morgan fingerprint density at radius 2 is 1.68 bits per heavy atom. The van der Waals surface area contributed by atoms with E-state index >= 15 is 0 Å². The van der Waals surface area contributed by atoms with E-state index in [1.807, 2.05) is 19.1 Å². The van der Waals surface area contributed by atoms with Gasteiger partial charge in [-0.1, -0.05) is 6.07 Å². The van der Waals surface area contributed by atoms with Crippen molar-refractivity contribution in [3.63, 3.8) is 0 Å². The van der Waals surface area contributed by atoms with Crippen molar-refractivity contribution >= 4 is 23.4 Å². The topological polar surface area (TPSA) is 101 Å². The van der Waals surface area contributed by atoms with Crippen molar-refractivity contribution in [2.45, 2.75) is 13.8 Å². The summed E-state index contributed by atoms with van der Waals surface area (Å²) in [5, 5.41) is 8.27. The maximum atomic E-state index is 13.7. The van der Waals surface area contributed by atoms with Gasteiger partial charge in [0.25, 0.3) is 0 Å². The van der Waals surface area contributed by atoms with Crippen molar-refractivity contribution in [3.05, 3.63) is 83.9 Å². The van der Waals surface area contributed by atoms with Gasteiger partial charge in [0.05, 0.1) is 11.3 Å². The zero-order valence-electron chi connectivity index (χ0n) is 18.9. The molecule has 0 radical (unpaired) electrons. The lowest BCUT2D eigenvalue weighted by Crippen LogP contribution is -2.19. The van der Waals surface area contributed by atoms with Gasteiger partial charge in [0.1, 0.15) is 11.6 Å². The molecule has 172 valence electrons. The molecule has 4 rings (SSSR count). The van der Waals surface area contributed by atoms with E-state index in [4.69, 9.17) is 4.74 Å². The first-order valence-electron chi connectivity index (χ1n) is 10.5. The molecule has 0 atom stereocenters. The average Bonchev–Trinajstić information content (AvgIpc) is 2.83. The molecule has 9 heteroatoms. The van der Waals surface area contributed by atoms with E-state index in [1.54, 1.807) is 62.8 Å². The fourth-order valence-corrected chi connectivity index (χ4v) is 3.21. The number of hydrogen-bond donors (Lipinski definition) is 3. The molecule has 34 heavy (non-hydrogen) atoms. The molecule has 0 bridgehead atoms. The first-order chi connectivity index (χ1) is 16.4. The summed E-state index contributed by atoms with van der Waals surface area (Å²) in [6, 6.07) is 14.7. The molecule has 2 aromatic heterocycles. The van der Waals surface area contributed by atoms with Crippen molar-refractivity contribution in [2.75, 3.05) is 23.0 Å². The molecule has 2 aromatic carbocycles. The number of rotatable bonds is 6. The van der Waals surface area contributed by atoms with Gasteiger partial charge in [-0.25, -0.2) is 24.1 Å². The van der Waals surface area contributed by atoms with Gasteiger partial charge in [0.2, 0.25) is 11.8 Å². The van der Waals surface area contributed by atoms with Crippen molar-refractivity contribution < 1.29 is 13.9 Å². The van der Waals surface area contributed by atoms with Gasteiger partial charge in [0, 0.05) is 30.8 Å². The summed E-state index contributed by atoms with van der Waals surface area (Å²) >= 11 is 0. The standard InChI is InChI=1S/C25H23FN6O2/c1-15-6-7-18(14-20(15)26)31-25(33)30-17-8-9-22(16(2)13-17)34-23-19(5-4-11-28-23)21-10-12-29-24(27-3)32-21/h4-14H,1-3H3,(H,27,29,32)(H2,30,31,33). The quantitative estimate of drug-likeness (QED) is 0.339. The number of halogens is 1. The minimum atomic E-state index is -0.479. The number of nitrogens with zero attached hydrogens (tertiary/aromatic N) is 3. The smallest absolute Gasteiger partial charge is 0.323 e. The summed E-state index contributed by atoms with van der Waals surface area (Å²) in [5.41, 5.74) is 3.61. The molecule has 4 aromatic rings. The van der Waals surface area contributed by atoms with Crippen molar-refractivity contribution in [2.24, 2.45) is 0 Å². The second-order valence-electron chi connectivity index (χ2n) is 7.50. The predicted molar refractivity (Wildman–Crippen MR) is 130 cm³/mol. The molecule has 2 amide bonds. The highest BCUT2D eigenvalue weighted by molar-refractivity contribution is 5.99. The van der Waals surface area contributed by atoms with Crippen LogP contribution in [0.1, 0.15) is 11.1 Å². The van der Waals surface area contributed by atoms with E-state index in [2.05, 4.69) is 30.9 Å². The van der Waals surface area contributed by atoms with E-state index in [1.165, 1.54) is 6.07 Å². The maximum Gasteiger partial charge on any atom is 0.323 e. The fourth-order valence-electron chi connectivity index (χ4n) is 3.21. The molecule has 0 fully saturated rings. The fraction of sp³-hybridized carbons (Fsp3) is 0.120. The van der Waals surface area contributed by atoms with Crippen LogP contribution in [0.3, 0.4) is 0 Å². The number of amides is 2. The third-order valence-electron chi connectivity index (χ3n) is 5.00. The number of pyridine rings is 1. The number of carbonyl (C=O) groups excluding carboxylic acids is 1. The van der Waals surface area contributed by atoms with Crippen LogP contribution in [0, 0.1) is 19.7 Å². The first kappa shape index (κ1) is 22.7. The second-order valence-corrected chi connectivity index (χ2v) is 7.50. The van der Waals surface area contributed by atoms with Crippen LogP contribution in [0.4, 0.5) is 26.5 Å². The summed E-state index contributed by atoms with van der Waals surface area (Å²) in [6.07, 6.45) is 3.30. The van der Waals surface area contributed by atoms with E-state index in [9.17, 15) is 9.18 Å².